The molecule has 0 unspecified atom stereocenters. The fourth-order valence-corrected chi connectivity index (χ4v) is 2.74. The summed E-state index contributed by atoms with van der Waals surface area (Å²) in [5, 5.41) is 6.79. The Hall–Kier alpha value is -3.08. The zero-order valence-corrected chi connectivity index (χ0v) is 12.7. The number of benzene rings is 1. The fraction of sp³-hybridized carbons (Fsp3) is 0.111. The number of nitrogens with zero attached hydrogens (tertiary/aromatic N) is 5. The number of aryl methyl sites for hydroxylation is 1. The van der Waals surface area contributed by atoms with Crippen LogP contribution in [0.5, 0.6) is 0 Å². The molecule has 0 aliphatic carbocycles. The van der Waals surface area contributed by atoms with E-state index in [4.69, 9.17) is 0 Å². The maximum absolute atomic E-state index is 4.62. The van der Waals surface area contributed by atoms with Gasteiger partial charge in [0.15, 0.2) is 5.82 Å². The molecule has 4 aromatic rings. The lowest BCUT2D eigenvalue weighted by Crippen LogP contribution is -2.00. The minimum absolute atomic E-state index is 0.834. The van der Waals surface area contributed by atoms with Crippen molar-refractivity contribution in [2.45, 2.75) is 13.3 Å². The van der Waals surface area contributed by atoms with E-state index in [1.807, 2.05) is 29.3 Å². The normalized spacial score (nSPS) is 11.0. The second-order valence-electron chi connectivity index (χ2n) is 5.31. The fourth-order valence-electron chi connectivity index (χ4n) is 2.74. The molecule has 0 aliphatic heterocycles. The van der Waals surface area contributed by atoms with E-state index in [-0.39, 0.29) is 0 Å². The first-order chi connectivity index (χ1) is 11.4. The summed E-state index contributed by atoms with van der Waals surface area (Å²) in [6.45, 7) is 2.14. The molecule has 0 N–H and O–H groups in total. The average Bonchev–Trinajstić information content (AvgIpc) is 3.11. The van der Waals surface area contributed by atoms with Gasteiger partial charge < -0.3 is 0 Å². The Morgan fingerprint density at radius 3 is 2.48 bits per heavy atom. The highest BCUT2D eigenvalue weighted by atomic mass is 15.3. The van der Waals surface area contributed by atoms with Gasteiger partial charge in [-0.3, -0.25) is 0 Å². The summed E-state index contributed by atoms with van der Waals surface area (Å²) >= 11 is 0. The van der Waals surface area contributed by atoms with Crippen LogP contribution < -0.4 is 0 Å². The van der Waals surface area contributed by atoms with Crippen molar-refractivity contribution in [2.24, 2.45) is 0 Å². The van der Waals surface area contributed by atoms with Crippen molar-refractivity contribution in [3.8, 4) is 16.9 Å². The van der Waals surface area contributed by atoms with Gasteiger partial charge in [-0.05, 0) is 17.4 Å². The number of hydrogen-bond donors (Lipinski definition) is 0. The lowest BCUT2D eigenvalue weighted by atomic mass is 10.1. The Balaban J connectivity index is 1.86. The molecule has 3 heterocycles. The van der Waals surface area contributed by atoms with Gasteiger partial charge in [0.1, 0.15) is 6.33 Å². The third-order valence-electron chi connectivity index (χ3n) is 3.93. The molecular formula is C18H15N5. The van der Waals surface area contributed by atoms with E-state index in [2.05, 4.69) is 45.2 Å². The molecule has 0 radical (unpaired) electrons. The number of fused-ring (bicyclic) bond motifs is 1. The van der Waals surface area contributed by atoms with Crippen molar-refractivity contribution in [1.82, 2.24) is 24.7 Å². The summed E-state index contributed by atoms with van der Waals surface area (Å²) in [6, 6.07) is 8.31. The second-order valence-corrected chi connectivity index (χ2v) is 5.31. The molecule has 0 saturated carbocycles. The van der Waals surface area contributed by atoms with Crippen LogP contribution in [-0.2, 0) is 6.42 Å². The van der Waals surface area contributed by atoms with Crippen molar-refractivity contribution in [3.63, 3.8) is 0 Å². The van der Waals surface area contributed by atoms with Crippen molar-refractivity contribution >= 4 is 10.8 Å². The Kier molecular flexibility index (Phi) is 3.31. The van der Waals surface area contributed by atoms with Crippen molar-refractivity contribution in [2.75, 3.05) is 0 Å². The van der Waals surface area contributed by atoms with E-state index in [1.165, 1.54) is 17.3 Å². The van der Waals surface area contributed by atoms with Crippen LogP contribution in [0.15, 0.2) is 61.6 Å². The van der Waals surface area contributed by atoms with Gasteiger partial charge in [0.25, 0.3) is 0 Å². The molecule has 5 heteroatoms. The molecule has 0 aliphatic rings. The van der Waals surface area contributed by atoms with Crippen molar-refractivity contribution < 1.29 is 0 Å². The molecule has 0 fully saturated rings. The number of pyridine rings is 1. The Bertz CT molecular complexity index is 959. The van der Waals surface area contributed by atoms with Gasteiger partial charge >= 0.3 is 0 Å². The first kappa shape index (κ1) is 13.6. The topological polar surface area (TPSA) is 56.5 Å². The lowest BCUT2D eigenvalue weighted by Gasteiger charge is -2.09. The number of rotatable bonds is 3. The van der Waals surface area contributed by atoms with Crippen LogP contribution in [0.1, 0.15) is 12.5 Å². The first-order valence-corrected chi connectivity index (χ1v) is 7.54. The van der Waals surface area contributed by atoms with Crippen LogP contribution in [0, 0.1) is 0 Å². The maximum Gasteiger partial charge on any atom is 0.161 e. The van der Waals surface area contributed by atoms with Gasteiger partial charge in [0.05, 0.1) is 6.20 Å². The van der Waals surface area contributed by atoms with Gasteiger partial charge in [-0.1, -0.05) is 31.2 Å². The minimum atomic E-state index is 0.834. The van der Waals surface area contributed by atoms with Gasteiger partial charge in [0.2, 0.25) is 0 Å². The van der Waals surface area contributed by atoms with Crippen LogP contribution in [-0.4, -0.2) is 24.7 Å². The molecular weight excluding hydrogens is 286 g/mol. The van der Waals surface area contributed by atoms with E-state index in [9.17, 15) is 0 Å². The zero-order chi connectivity index (χ0) is 15.6. The average molecular weight is 301 g/mol. The first-order valence-electron chi connectivity index (χ1n) is 7.54. The highest BCUT2D eigenvalue weighted by Crippen LogP contribution is 2.25. The van der Waals surface area contributed by atoms with Crippen molar-refractivity contribution in [3.05, 3.63) is 67.1 Å². The van der Waals surface area contributed by atoms with Crippen LogP contribution >= 0.6 is 0 Å². The predicted molar refractivity (Wildman–Crippen MR) is 89.3 cm³/mol. The van der Waals surface area contributed by atoms with E-state index in [0.29, 0.717) is 0 Å². The molecule has 3 aromatic heterocycles. The lowest BCUT2D eigenvalue weighted by molar-refractivity contribution is 0.853. The van der Waals surface area contributed by atoms with Gasteiger partial charge in [0, 0.05) is 41.3 Å². The molecule has 112 valence electrons. The molecule has 0 atom stereocenters. The summed E-state index contributed by atoms with van der Waals surface area (Å²) in [6.07, 6.45) is 11.7. The summed E-state index contributed by atoms with van der Waals surface area (Å²) < 4.78 is 1.81. The maximum atomic E-state index is 4.62. The van der Waals surface area contributed by atoms with Gasteiger partial charge in [-0.25, -0.2) is 19.6 Å². The third-order valence-corrected chi connectivity index (χ3v) is 3.93. The molecule has 4 rings (SSSR count). The Labute approximate surface area is 133 Å². The van der Waals surface area contributed by atoms with Crippen LogP contribution in [0.4, 0.5) is 0 Å². The van der Waals surface area contributed by atoms with E-state index >= 15 is 0 Å². The molecule has 23 heavy (non-hydrogen) atoms. The SMILES string of the molecule is CCc1cnc(-n2cc(-c3cncnc3)cn2)c2ccccc12. The smallest absolute Gasteiger partial charge is 0.161 e. The largest absolute Gasteiger partial charge is 0.244 e. The van der Waals surface area contributed by atoms with Crippen LogP contribution in [0.2, 0.25) is 0 Å². The zero-order valence-electron chi connectivity index (χ0n) is 12.7. The molecule has 0 saturated heterocycles. The molecule has 0 spiro atoms. The molecule has 5 nitrogen and oxygen atoms in total. The van der Waals surface area contributed by atoms with Crippen molar-refractivity contribution in [1.29, 1.82) is 0 Å². The quantitative estimate of drug-likeness (QED) is 0.581. The Morgan fingerprint density at radius 1 is 0.913 bits per heavy atom. The summed E-state index contributed by atoms with van der Waals surface area (Å²) in [5.74, 6) is 0.834. The Morgan fingerprint density at radius 2 is 1.70 bits per heavy atom. The van der Waals surface area contributed by atoms with E-state index in [1.54, 1.807) is 12.4 Å². The summed E-state index contributed by atoms with van der Waals surface area (Å²) in [7, 11) is 0. The van der Waals surface area contributed by atoms with Gasteiger partial charge in [-0.2, -0.15) is 5.10 Å². The van der Waals surface area contributed by atoms with Gasteiger partial charge in [-0.15, -0.1) is 0 Å². The van der Waals surface area contributed by atoms with Crippen LogP contribution in [0.3, 0.4) is 0 Å². The van der Waals surface area contributed by atoms with E-state index in [0.717, 1.165) is 28.8 Å². The molecule has 0 bridgehead atoms. The molecule has 0 amide bonds. The molecule has 1 aromatic carbocycles. The van der Waals surface area contributed by atoms with Crippen LogP contribution in [0.25, 0.3) is 27.7 Å². The third kappa shape index (κ3) is 2.36. The summed E-state index contributed by atoms with van der Waals surface area (Å²) in [4.78, 5) is 12.7. The summed E-state index contributed by atoms with van der Waals surface area (Å²) in [5.41, 5.74) is 3.15. The number of hydrogen-bond acceptors (Lipinski definition) is 4. The standard InChI is InChI=1S/C18H15N5/c1-2-13-9-21-18(17-6-4-3-5-16(13)17)23-11-15(10-22-23)14-7-19-12-20-8-14/h3-12H,2H2,1H3. The highest BCUT2D eigenvalue weighted by molar-refractivity contribution is 5.91. The highest BCUT2D eigenvalue weighted by Gasteiger charge is 2.10. The number of aromatic nitrogens is 5. The predicted octanol–water partition coefficient (Wildman–Crippen LogP) is 3.44. The monoisotopic (exact) mass is 301 g/mol. The van der Waals surface area contributed by atoms with E-state index < -0.39 is 0 Å². The minimum Gasteiger partial charge on any atom is -0.244 e. The second kappa shape index (κ2) is 5.61.